The van der Waals surface area contributed by atoms with Gasteiger partial charge in [0.05, 0.1) is 0 Å². The van der Waals surface area contributed by atoms with Gasteiger partial charge in [-0.15, -0.1) is 0 Å². The third-order valence-electron chi connectivity index (χ3n) is 2.71. The van der Waals surface area contributed by atoms with Crippen LogP contribution in [0.4, 0.5) is 0 Å². The Kier molecular flexibility index (Phi) is 6.95. The molecule has 1 aromatic carbocycles. The largest absolute Gasteiger partial charge is 0.459 e. The summed E-state index contributed by atoms with van der Waals surface area (Å²) in [6, 6.07) is 7.92. The molecule has 0 aliphatic heterocycles. The van der Waals surface area contributed by atoms with Crippen molar-refractivity contribution in [3.8, 4) is 0 Å². The number of aryl methyl sites for hydroxylation is 1. The SMILES string of the molecule is C=C(C)C(=O)OCCOC(=O)/C=C/c1ccc(CC)cc1. The molecule has 0 N–H and O–H groups in total. The van der Waals surface area contributed by atoms with E-state index < -0.39 is 11.9 Å². The molecular weight excluding hydrogens is 268 g/mol. The minimum Gasteiger partial charge on any atom is -0.459 e. The van der Waals surface area contributed by atoms with Crippen LogP contribution in [-0.2, 0) is 25.5 Å². The first-order valence-corrected chi connectivity index (χ1v) is 6.79. The standard InChI is InChI=1S/C17H20O4/c1-4-14-5-7-15(8-6-14)9-10-16(18)20-11-12-21-17(19)13(2)3/h5-10H,2,4,11-12H2,1,3H3/b10-9+. The molecule has 0 radical (unpaired) electrons. The maximum atomic E-state index is 11.5. The summed E-state index contributed by atoms with van der Waals surface area (Å²) in [6.45, 7) is 7.14. The van der Waals surface area contributed by atoms with Crippen LogP contribution in [0.3, 0.4) is 0 Å². The highest BCUT2D eigenvalue weighted by Crippen LogP contribution is 2.06. The smallest absolute Gasteiger partial charge is 0.333 e. The number of esters is 2. The number of ether oxygens (including phenoxy) is 2. The van der Waals surface area contributed by atoms with Crippen molar-refractivity contribution < 1.29 is 19.1 Å². The van der Waals surface area contributed by atoms with Gasteiger partial charge in [0.25, 0.3) is 0 Å². The molecule has 4 nitrogen and oxygen atoms in total. The van der Waals surface area contributed by atoms with Gasteiger partial charge in [-0.1, -0.05) is 37.8 Å². The summed E-state index contributed by atoms with van der Waals surface area (Å²) in [5, 5.41) is 0. The molecule has 0 saturated heterocycles. The molecule has 0 aliphatic rings. The second-order valence-corrected chi connectivity index (χ2v) is 4.51. The second kappa shape index (κ2) is 8.74. The van der Waals surface area contributed by atoms with Gasteiger partial charge in [-0.3, -0.25) is 0 Å². The van der Waals surface area contributed by atoms with Gasteiger partial charge in [-0.2, -0.15) is 0 Å². The number of rotatable bonds is 7. The molecule has 112 valence electrons. The molecular formula is C17H20O4. The highest BCUT2D eigenvalue weighted by Gasteiger charge is 2.03. The van der Waals surface area contributed by atoms with Gasteiger partial charge in [0.1, 0.15) is 13.2 Å². The second-order valence-electron chi connectivity index (χ2n) is 4.51. The van der Waals surface area contributed by atoms with E-state index in [4.69, 9.17) is 9.47 Å². The van der Waals surface area contributed by atoms with Crippen molar-refractivity contribution >= 4 is 18.0 Å². The molecule has 0 saturated carbocycles. The van der Waals surface area contributed by atoms with Crippen LogP contribution in [-0.4, -0.2) is 25.2 Å². The Bertz CT molecular complexity index is 526. The van der Waals surface area contributed by atoms with Gasteiger partial charge < -0.3 is 9.47 Å². The lowest BCUT2D eigenvalue weighted by Crippen LogP contribution is -2.12. The highest BCUT2D eigenvalue weighted by atomic mass is 16.6. The summed E-state index contributed by atoms with van der Waals surface area (Å²) in [5.41, 5.74) is 2.49. The van der Waals surface area contributed by atoms with Crippen LogP contribution in [0.2, 0.25) is 0 Å². The molecule has 4 heteroatoms. The Hall–Kier alpha value is -2.36. The maximum absolute atomic E-state index is 11.5. The Morgan fingerprint density at radius 3 is 2.33 bits per heavy atom. The number of carbonyl (C=O) groups is 2. The number of carbonyl (C=O) groups excluding carboxylic acids is 2. The summed E-state index contributed by atoms with van der Waals surface area (Å²) in [4.78, 5) is 22.5. The van der Waals surface area contributed by atoms with E-state index in [0.717, 1.165) is 12.0 Å². The summed E-state index contributed by atoms with van der Waals surface area (Å²) in [7, 11) is 0. The fraction of sp³-hybridized carbons (Fsp3) is 0.294. The van der Waals surface area contributed by atoms with Gasteiger partial charge in [-0.05, 0) is 30.5 Å². The van der Waals surface area contributed by atoms with Gasteiger partial charge in [-0.25, -0.2) is 9.59 Å². The quantitative estimate of drug-likeness (QED) is 0.440. The Balaban J connectivity index is 2.31. The monoisotopic (exact) mass is 288 g/mol. The van der Waals surface area contributed by atoms with Crippen molar-refractivity contribution in [3.63, 3.8) is 0 Å². The summed E-state index contributed by atoms with van der Waals surface area (Å²) in [5.74, 6) is -0.960. The van der Waals surface area contributed by atoms with Gasteiger partial charge in [0, 0.05) is 11.6 Å². The Labute approximate surface area is 125 Å². The number of benzene rings is 1. The predicted molar refractivity (Wildman–Crippen MR) is 81.6 cm³/mol. The fourth-order valence-electron chi connectivity index (χ4n) is 1.48. The van der Waals surface area contributed by atoms with E-state index >= 15 is 0 Å². The molecule has 0 bridgehead atoms. The molecule has 0 unspecified atom stereocenters. The first kappa shape index (κ1) is 16.7. The maximum Gasteiger partial charge on any atom is 0.333 e. The average Bonchev–Trinajstić information content (AvgIpc) is 2.49. The van der Waals surface area contributed by atoms with Crippen molar-refractivity contribution in [2.75, 3.05) is 13.2 Å². The summed E-state index contributed by atoms with van der Waals surface area (Å²) in [6.07, 6.45) is 4.01. The topological polar surface area (TPSA) is 52.6 Å². The normalized spacial score (nSPS) is 10.4. The molecule has 0 aromatic heterocycles. The zero-order valence-corrected chi connectivity index (χ0v) is 12.4. The van der Waals surface area contributed by atoms with Crippen LogP contribution in [0.5, 0.6) is 0 Å². The summed E-state index contributed by atoms with van der Waals surface area (Å²) >= 11 is 0. The van der Waals surface area contributed by atoms with Crippen molar-refractivity contribution in [2.24, 2.45) is 0 Å². The van der Waals surface area contributed by atoms with Crippen molar-refractivity contribution in [2.45, 2.75) is 20.3 Å². The molecule has 0 spiro atoms. The van der Waals surface area contributed by atoms with E-state index in [-0.39, 0.29) is 13.2 Å². The molecule has 1 rings (SSSR count). The van der Waals surface area contributed by atoms with E-state index in [1.807, 2.05) is 24.3 Å². The average molecular weight is 288 g/mol. The van der Waals surface area contributed by atoms with Crippen LogP contribution in [0.25, 0.3) is 6.08 Å². The van der Waals surface area contributed by atoms with Crippen molar-refractivity contribution in [3.05, 3.63) is 53.6 Å². The molecule has 0 amide bonds. The lowest BCUT2D eigenvalue weighted by atomic mass is 10.1. The lowest BCUT2D eigenvalue weighted by Gasteiger charge is -2.04. The van der Waals surface area contributed by atoms with Crippen LogP contribution >= 0.6 is 0 Å². The van der Waals surface area contributed by atoms with E-state index in [2.05, 4.69) is 13.5 Å². The number of hydrogen-bond acceptors (Lipinski definition) is 4. The predicted octanol–water partition coefficient (Wildman–Crippen LogP) is 2.92. The third kappa shape index (κ3) is 6.56. The van der Waals surface area contributed by atoms with Gasteiger partial charge >= 0.3 is 11.9 Å². The Morgan fingerprint density at radius 2 is 1.76 bits per heavy atom. The molecule has 0 aliphatic carbocycles. The van der Waals surface area contributed by atoms with Gasteiger partial charge in [0.15, 0.2) is 0 Å². The number of hydrogen-bond donors (Lipinski definition) is 0. The minimum absolute atomic E-state index is 0.0243. The van der Waals surface area contributed by atoms with Crippen molar-refractivity contribution in [1.29, 1.82) is 0 Å². The molecule has 21 heavy (non-hydrogen) atoms. The van der Waals surface area contributed by atoms with Crippen molar-refractivity contribution in [1.82, 2.24) is 0 Å². The zero-order valence-electron chi connectivity index (χ0n) is 12.4. The fourth-order valence-corrected chi connectivity index (χ4v) is 1.48. The third-order valence-corrected chi connectivity index (χ3v) is 2.71. The van der Waals surface area contributed by atoms with Crippen LogP contribution in [0.15, 0.2) is 42.5 Å². The van der Waals surface area contributed by atoms with E-state index in [0.29, 0.717) is 5.57 Å². The van der Waals surface area contributed by atoms with Crippen LogP contribution in [0, 0.1) is 0 Å². The zero-order chi connectivity index (χ0) is 15.7. The summed E-state index contributed by atoms with van der Waals surface area (Å²) < 4.78 is 9.71. The molecule has 0 fully saturated rings. The Morgan fingerprint density at radius 1 is 1.14 bits per heavy atom. The van der Waals surface area contributed by atoms with Gasteiger partial charge in [0.2, 0.25) is 0 Å². The minimum atomic E-state index is -0.488. The lowest BCUT2D eigenvalue weighted by molar-refractivity contribution is -0.146. The molecule has 0 atom stereocenters. The van der Waals surface area contributed by atoms with Crippen LogP contribution < -0.4 is 0 Å². The molecule has 0 heterocycles. The molecule has 1 aromatic rings. The van der Waals surface area contributed by atoms with E-state index in [1.54, 1.807) is 13.0 Å². The first-order chi connectivity index (χ1) is 10.0. The van der Waals surface area contributed by atoms with E-state index in [1.165, 1.54) is 11.6 Å². The van der Waals surface area contributed by atoms with E-state index in [9.17, 15) is 9.59 Å². The highest BCUT2D eigenvalue weighted by molar-refractivity contribution is 5.87. The van der Waals surface area contributed by atoms with Crippen LogP contribution in [0.1, 0.15) is 25.0 Å². The first-order valence-electron chi connectivity index (χ1n) is 6.79.